The maximum Gasteiger partial charge on any atom is 0.341 e. The van der Waals surface area contributed by atoms with E-state index in [4.69, 9.17) is 0 Å². The second-order valence-corrected chi connectivity index (χ2v) is 4.67. The van der Waals surface area contributed by atoms with Crippen molar-refractivity contribution in [2.24, 2.45) is 10.2 Å². The van der Waals surface area contributed by atoms with Gasteiger partial charge in [0.1, 0.15) is 36.6 Å². The molecule has 0 aliphatic rings. The van der Waals surface area contributed by atoms with E-state index in [1.54, 1.807) is 6.07 Å². The summed E-state index contributed by atoms with van der Waals surface area (Å²) in [6.07, 6.45) is 8.42. The van der Waals surface area contributed by atoms with Gasteiger partial charge in [-0.2, -0.15) is 10.2 Å². The molecule has 1 N–H and O–H groups in total. The molecule has 1 aromatic carbocycles. The predicted octanol–water partition coefficient (Wildman–Crippen LogP) is 0.126. The number of esters is 1. The first-order valence-corrected chi connectivity index (χ1v) is 6.90. The number of benzene rings is 1. The van der Waals surface area contributed by atoms with Crippen LogP contribution in [0.4, 0.5) is 0 Å². The molecule has 0 unspecified atom stereocenters. The Hall–Kier alpha value is -3.89. The zero-order valence-corrected chi connectivity index (χ0v) is 13.0. The first-order chi connectivity index (χ1) is 12.2. The maximum absolute atomic E-state index is 11.9. The minimum absolute atomic E-state index is 0.0135. The van der Waals surface area contributed by atoms with Gasteiger partial charge in [0.2, 0.25) is 0 Å². The fraction of sp³-hybridized carbons (Fsp3) is 0.0714. The number of aromatic nitrogens is 6. The number of carbonyl (C=O) groups is 1. The fourth-order valence-corrected chi connectivity index (χ4v) is 1.89. The highest BCUT2D eigenvalue weighted by atomic mass is 16.5. The summed E-state index contributed by atoms with van der Waals surface area (Å²) in [5.41, 5.74) is 0.819. The summed E-state index contributed by atoms with van der Waals surface area (Å²) in [7, 11) is 1.23. The van der Waals surface area contributed by atoms with Crippen LogP contribution in [0.2, 0.25) is 0 Å². The van der Waals surface area contributed by atoms with Crippen LogP contribution < -0.4 is 0 Å². The number of hydrogen-bond acceptors (Lipinski definition) is 9. The Morgan fingerprint density at radius 2 is 1.60 bits per heavy atom. The molecule has 0 atom stereocenters. The molecule has 2 aromatic heterocycles. The van der Waals surface area contributed by atoms with Crippen molar-refractivity contribution in [1.29, 1.82) is 0 Å². The number of hydrogen-bond donors (Lipinski definition) is 1. The number of aromatic hydroxyl groups is 1. The van der Waals surface area contributed by atoms with E-state index in [9.17, 15) is 9.90 Å². The van der Waals surface area contributed by atoms with Crippen molar-refractivity contribution in [3.63, 3.8) is 0 Å². The van der Waals surface area contributed by atoms with Crippen molar-refractivity contribution in [2.45, 2.75) is 0 Å². The van der Waals surface area contributed by atoms with Gasteiger partial charge >= 0.3 is 5.97 Å². The minimum atomic E-state index is -0.684. The summed E-state index contributed by atoms with van der Waals surface area (Å²) >= 11 is 0. The molecule has 126 valence electrons. The summed E-state index contributed by atoms with van der Waals surface area (Å²) < 4.78 is 7.42. The Morgan fingerprint density at radius 3 is 2.16 bits per heavy atom. The van der Waals surface area contributed by atoms with Crippen LogP contribution in [-0.4, -0.2) is 60.4 Å². The quantitative estimate of drug-likeness (QED) is 0.515. The zero-order chi connectivity index (χ0) is 17.6. The Labute approximate surface area is 140 Å². The standard InChI is InChI=1S/C14H12N8O3/c1-25-14(24)12-3-10(4-19-21-6-15-16-7-21)2-11(13(12)23)5-20-22-8-17-18-9-22/h2-9,23H,1H3/b19-4-,20-5+. The van der Waals surface area contributed by atoms with Gasteiger partial charge in [-0.1, -0.05) is 0 Å². The van der Waals surface area contributed by atoms with E-state index in [0.717, 1.165) is 0 Å². The van der Waals surface area contributed by atoms with Crippen LogP contribution in [0.15, 0.2) is 47.6 Å². The minimum Gasteiger partial charge on any atom is -0.506 e. The van der Waals surface area contributed by atoms with E-state index >= 15 is 0 Å². The van der Waals surface area contributed by atoms with Crippen LogP contribution in [0.3, 0.4) is 0 Å². The number of rotatable bonds is 5. The highest BCUT2D eigenvalue weighted by molar-refractivity contribution is 5.99. The first-order valence-electron chi connectivity index (χ1n) is 6.90. The van der Waals surface area contributed by atoms with Crippen molar-refractivity contribution in [3.8, 4) is 5.75 Å². The molecular weight excluding hydrogens is 328 g/mol. The summed E-state index contributed by atoms with van der Waals surface area (Å²) in [4.78, 5) is 11.9. The summed E-state index contributed by atoms with van der Waals surface area (Å²) in [5.74, 6) is -0.943. The third-order valence-corrected chi connectivity index (χ3v) is 3.05. The van der Waals surface area contributed by atoms with Crippen molar-refractivity contribution in [2.75, 3.05) is 7.11 Å². The van der Waals surface area contributed by atoms with Crippen LogP contribution >= 0.6 is 0 Å². The molecule has 0 bridgehead atoms. The topological polar surface area (TPSA) is 133 Å². The van der Waals surface area contributed by atoms with Crippen LogP contribution in [0.1, 0.15) is 21.5 Å². The maximum atomic E-state index is 11.9. The molecule has 3 aromatic rings. The highest BCUT2D eigenvalue weighted by Crippen LogP contribution is 2.24. The molecule has 0 spiro atoms. The molecule has 25 heavy (non-hydrogen) atoms. The smallest absolute Gasteiger partial charge is 0.341 e. The lowest BCUT2D eigenvalue weighted by Crippen LogP contribution is -2.05. The van der Waals surface area contributed by atoms with Crippen molar-refractivity contribution < 1.29 is 14.6 Å². The normalized spacial score (nSPS) is 11.4. The molecule has 0 radical (unpaired) electrons. The molecular formula is C14H12N8O3. The van der Waals surface area contributed by atoms with Gasteiger partial charge in [-0.15, -0.1) is 20.4 Å². The molecule has 11 heteroatoms. The second-order valence-electron chi connectivity index (χ2n) is 4.67. The molecule has 2 heterocycles. The summed E-state index contributed by atoms with van der Waals surface area (Å²) in [5, 5.41) is 33.0. The Bertz CT molecular complexity index is 916. The van der Waals surface area contributed by atoms with E-state index in [1.807, 2.05) is 0 Å². The zero-order valence-electron chi connectivity index (χ0n) is 13.0. The SMILES string of the molecule is COC(=O)c1cc(/C=N\n2cnnc2)cc(/C=N/n2cnnc2)c1O. The van der Waals surface area contributed by atoms with Crippen LogP contribution in [0.5, 0.6) is 5.75 Å². The summed E-state index contributed by atoms with van der Waals surface area (Å²) in [6, 6.07) is 3.05. The van der Waals surface area contributed by atoms with E-state index in [2.05, 4.69) is 35.3 Å². The second kappa shape index (κ2) is 7.12. The molecule has 0 aliphatic carbocycles. The molecule has 0 saturated heterocycles. The van der Waals surface area contributed by atoms with Crippen molar-refractivity contribution in [1.82, 2.24) is 29.7 Å². The molecule has 0 fully saturated rings. The third kappa shape index (κ3) is 3.72. The lowest BCUT2D eigenvalue weighted by Gasteiger charge is -2.07. The summed E-state index contributed by atoms with van der Waals surface area (Å²) in [6.45, 7) is 0. The van der Waals surface area contributed by atoms with E-state index in [-0.39, 0.29) is 11.3 Å². The van der Waals surface area contributed by atoms with Crippen LogP contribution in [-0.2, 0) is 4.74 Å². The molecule has 0 aliphatic heterocycles. The first kappa shape index (κ1) is 16.0. The number of methoxy groups -OCH3 is 1. The Kier molecular flexibility index (Phi) is 4.55. The number of carbonyl (C=O) groups excluding carboxylic acids is 1. The van der Waals surface area contributed by atoms with Gasteiger partial charge in [-0.3, -0.25) is 0 Å². The van der Waals surface area contributed by atoms with Gasteiger partial charge in [0.15, 0.2) is 0 Å². The molecule has 0 amide bonds. The number of nitrogens with zero attached hydrogens (tertiary/aromatic N) is 8. The molecule has 3 rings (SSSR count). The lowest BCUT2D eigenvalue weighted by molar-refractivity contribution is 0.0597. The van der Waals surface area contributed by atoms with Gasteiger partial charge in [0, 0.05) is 5.56 Å². The Morgan fingerprint density at radius 1 is 1.04 bits per heavy atom. The van der Waals surface area contributed by atoms with Crippen molar-refractivity contribution >= 4 is 18.4 Å². The van der Waals surface area contributed by atoms with Crippen molar-refractivity contribution in [3.05, 3.63) is 54.1 Å². The third-order valence-electron chi connectivity index (χ3n) is 3.05. The average molecular weight is 340 g/mol. The monoisotopic (exact) mass is 340 g/mol. The van der Waals surface area contributed by atoms with Crippen LogP contribution in [0, 0.1) is 0 Å². The van der Waals surface area contributed by atoms with Gasteiger partial charge in [-0.25, -0.2) is 14.1 Å². The van der Waals surface area contributed by atoms with Gasteiger partial charge in [0.25, 0.3) is 0 Å². The number of phenolic OH excluding ortho intramolecular Hbond substituents is 1. The van der Waals surface area contributed by atoms with Gasteiger partial charge in [0.05, 0.1) is 19.5 Å². The van der Waals surface area contributed by atoms with Gasteiger partial charge < -0.3 is 9.84 Å². The lowest BCUT2D eigenvalue weighted by atomic mass is 10.0. The van der Waals surface area contributed by atoms with E-state index in [0.29, 0.717) is 11.1 Å². The molecule has 0 saturated carbocycles. The van der Waals surface area contributed by atoms with Crippen LogP contribution in [0.25, 0.3) is 0 Å². The Balaban J connectivity index is 2.00. The molecule has 11 nitrogen and oxygen atoms in total. The van der Waals surface area contributed by atoms with E-state index in [1.165, 1.54) is 60.3 Å². The van der Waals surface area contributed by atoms with E-state index < -0.39 is 5.97 Å². The highest BCUT2D eigenvalue weighted by Gasteiger charge is 2.16. The average Bonchev–Trinajstić information content (AvgIpc) is 3.32. The fourth-order valence-electron chi connectivity index (χ4n) is 1.89. The number of phenols is 1. The predicted molar refractivity (Wildman–Crippen MR) is 85.5 cm³/mol. The largest absolute Gasteiger partial charge is 0.506 e. The number of ether oxygens (including phenoxy) is 1. The van der Waals surface area contributed by atoms with Gasteiger partial charge in [-0.05, 0) is 17.7 Å².